The smallest absolute Gasteiger partial charge is 0.0551 e. The van der Waals surface area contributed by atoms with E-state index < -0.39 is 0 Å². The van der Waals surface area contributed by atoms with Crippen molar-refractivity contribution in [1.29, 1.82) is 0 Å². The maximum Gasteiger partial charge on any atom is 0.0551 e. The first-order valence-corrected chi connectivity index (χ1v) is 6.91. The lowest BCUT2D eigenvalue weighted by Gasteiger charge is -2.23. The first-order valence-electron chi connectivity index (χ1n) is 6.91. The lowest BCUT2D eigenvalue weighted by Crippen LogP contribution is -2.26. The lowest BCUT2D eigenvalue weighted by molar-refractivity contribution is 0.117. The van der Waals surface area contributed by atoms with Crippen LogP contribution in [0.2, 0.25) is 0 Å². The van der Waals surface area contributed by atoms with Crippen molar-refractivity contribution in [1.82, 2.24) is 10.3 Å². The third kappa shape index (κ3) is 2.36. The number of ether oxygens (including phenoxy) is 1. The summed E-state index contributed by atoms with van der Waals surface area (Å²) in [4.78, 5) is 4.27. The highest BCUT2D eigenvalue weighted by Gasteiger charge is 2.30. The van der Waals surface area contributed by atoms with Gasteiger partial charge in [-0.25, -0.2) is 0 Å². The van der Waals surface area contributed by atoms with Crippen LogP contribution >= 0.6 is 0 Å². The fourth-order valence-corrected chi connectivity index (χ4v) is 3.14. The average Bonchev–Trinajstić information content (AvgIpc) is 2.86. The molecule has 1 N–H and O–H groups in total. The minimum Gasteiger partial charge on any atom is -0.378 e. The Labute approximate surface area is 114 Å². The summed E-state index contributed by atoms with van der Waals surface area (Å²) in [5.74, 6) is 0.533. The molecule has 1 aliphatic heterocycles. The van der Waals surface area contributed by atoms with Gasteiger partial charge < -0.3 is 10.1 Å². The van der Waals surface area contributed by atoms with Gasteiger partial charge in [0.2, 0.25) is 0 Å². The number of nitrogens with zero attached hydrogens (tertiary/aromatic N) is 1. The van der Waals surface area contributed by atoms with Crippen molar-refractivity contribution >= 4 is 10.8 Å². The standard InChI is InChI=1S/C16H20N2O/c1-11-8-13(10-19-11)16(17-2)14-5-3-4-12-6-7-18-9-15(12)14/h3-7,9,11,13,16-17H,8,10H2,1-2H3. The summed E-state index contributed by atoms with van der Waals surface area (Å²) in [6.07, 6.45) is 5.30. The van der Waals surface area contributed by atoms with Crippen molar-refractivity contribution in [3.8, 4) is 0 Å². The zero-order chi connectivity index (χ0) is 13.2. The molecule has 1 aromatic heterocycles. The van der Waals surface area contributed by atoms with E-state index in [2.05, 4.69) is 41.5 Å². The van der Waals surface area contributed by atoms with Crippen LogP contribution in [0.5, 0.6) is 0 Å². The zero-order valence-electron chi connectivity index (χ0n) is 11.5. The fraction of sp³-hybridized carbons (Fsp3) is 0.438. The van der Waals surface area contributed by atoms with Gasteiger partial charge in [-0.1, -0.05) is 18.2 Å². The van der Waals surface area contributed by atoms with Crippen LogP contribution in [0, 0.1) is 5.92 Å². The summed E-state index contributed by atoms with van der Waals surface area (Å²) in [5, 5.41) is 5.95. The van der Waals surface area contributed by atoms with Crippen molar-refractivity contribution in [3.63, 3.8) is 0 Å². The van der Waals surface area contributed by atoms with Crippen LogP contribution < -0.4 is 5.32 Å². The van der Waals surface area contributed by atoms with Crippen molar-refractivity contribution in [2.24, 2.45) is 5.92 Å². The molecule has 0 amide bonds. The Balaban J connectivity index is 2.01. The van der Waals surface area contributed by atoms with Crippen LogP contribution in [0.25, 0.3) is 10.8 Å². The van der Waals surface area contributed by atoms with Crippen molar-refractivity contribution in [3.05, 3.63) is 42.2 Å². The predicted octanol–water partition coefficient (Wildman–Crippen LogP) is 2.92. The van der Waals surface area contributed by atoms with Crippen LogP contribution in [0.1, 0.15) is 24.9 Å². The van der Waals surface area contributed by atoms with E-state index in [-0.39, 0.29) is 0 Å². The van der Waals surface area contributed by atoms with E-state index in [1.807, 2.05) is 19.4 Å². The zero-order valence-corrected chi connectivity index (χ0v) is 11.5. The van der Waals surface area contributed by atoms with Gasteiger partial charge in [0, 0.05) is 29.7 Å². The minimum absolute atomic E-state index is 0.331. The molecular formula is C16H20N2O. The molecule has 19 heavy (non-hydrogen) atoms. The van der Waals surface area contributed by atoms with Crippen molar-refractivity contribution < 1.29 is 4.74 Å². The number of hydrogen-bond acceptors (Lipinski definition) is 3. The van der Waals surface area contributed by atoms with Gasteiger partial charge in [-0.3, -0.25) is 4.98 Å². The molecule has 0 aliphatic carbocycles. The normalized spacial score (nSPS) is 24.7. The van der Waals surface area contributed by atoms with Crippen LogP contribution in [0.15, 0.2) is 36.7 Å². The number of pyridine rings is 1. The molecule has 1 fully saturated rings. The highest BCUT2D eigenvalue weighted by Crippen LogP contribution is 2.34. The largest absolute Gasteiger partial charge is 0.378 e. The fourth-order valence-electron chi connectivity index (χ4n) is 3.14. The molecule has 0 bridgehead atoms. The topological polar surface area (TPSA) is 34.2 Å². The van der Waals surface area contributed by atoms with Gasteiger partial charge in [0.05, 0.1) is 12.7 Å². The maximum absolute atomic E-state index is 5.73. The summed E-state index contributed by atoms with van der Waals surface area (Å²) >= 11 is 0. The average molecular weight is 256 g/mol. The second-order valence-corrected chi connectivity index (χ2v) is 5.35. The van der Waals surface area contributed by atoms with Gasteiger partial charge in [0.15, 0.2) is 0 Å². The Morgan fingerprint density at radius 2 is 2.26 bits per heavy atom. The third-order valence-corrected chi connectivity index (χ3v) is 4.06. The molecule has 3 heteroatoms. The van der Waals surface area contributed by atoms with E-state index in [1.54, 1.807) is 0 Å². The van der Waals surface area contributed by atoms with Crippen LogP contribution in [-0.4, -0.2) is 24.7 Å². The number of fused-ring (bicyclic) bond motifs is 1. The van der Waals surface area contributed by atoms with E-state index in [4.69, 9.17) is 4.74 Å². The van der Waals surface area contributed by atoms with Crippen LogP contribution in [0.3, 0.4) is 0 Å². The molecule has 3 atom stereocenters. The summed E-state index contributed by atoms with van der Waals surface area (Å²) in [5.41, 5.74) is 1.33. The molecule has 2 aromatic rings. The lowest BCUT2D eigenvalue weighted by atomic mass is 9.89. The number of aromatic nitrogens is 1. The molecule has 1 aromatic carbocycles. The summed E-state index contributed by atoms with van der Waals surface area (Å²) in [6, 6.07) is 8.87. The molecule has 0 spiro atoms. The monoisotopic (exact) mass is 256 g/mol. The third-order valence-electron chi connectivity index (χ3n) is 4.06. The molecule has 100 valence electrons. The molecule has 3 unspecified atom stereocenters. The molecule has 3 rings (SSSR count). The van der Waals surface area contributed by atoms with Gasteiger partial charge >= 0.3 is 0 Å². The first kappa shape index (κ1) is 12.6. The minimum atomic E-state index is 0.331. The van der Waals surface area contributed by atoms with E-state index in [1.165, 1.54) is 16.3 Å². The Hall–Kier alpha value is -1.45. The first-order chi connectivity index (χ1) is 9.29. The summed E-state index contributed by atoms with van der Waals surface area (Å²) < 4.78 is 5.73. The Bertz CT molecular complexity index is 564. The number of hydrogen-bond donors (Lipinski definition) is 1. The Kier molecular flexibility index (Phi) is 3.49. The highest BCUT2D eigenvalue weighted by molar-refractivity contribution is 5.85. The molecule has 2 heterocycles. The Morgan fingerprint density at radius 3 is 3.00 bits per heavy atom. The highest BCUT2D eigenvalue weighted by atomic mass is 16.5. The molecule has 0 radical (unpaired) electrons. The number of rotatable bonds is 3. The quantitative estimate of drug-likeness (QED) is 0.917. The maximum atomic E-state index is 5.73. The Morgan fingerprint density at radius 1 is 1.37 bits per heavy atom. The van der Waals surface area contributed by atoms with E-state index in [0.29, 0.717) is 18.1 Å². The molecular weight excluding hydrogens is 236 g/mol. The molecule has 0 saturated carbocycles. The predicted molar refractivity (Wildman–Crippen MR) is 77.1 cm³/mol. The van der Waals surface area contributed by atoms with Crippen LogP contribution in [0.4, 0.5) is 0 Å². The second kappa shape index (κ2) is 5.27. The number of nitrogens with one attached hydrogen (secondary N) is 1. The second-order valence-electron chi connectivity index (χ2n) is 5.35. The number of benzene rings is 1. The van der Waals surface area contributed by atoms with Crippen molar-refractivity contribution in [2.75, 3.05) is 13.7 Å². The summed E-state index contributed by atoms with van der Waals surface area (Å²) in [7, 11) is 2.03. The van der Waals surface area contributed by atoms with Gasteiger partial charge in [0.25, 0.3) is 0 Å². The molecule has 1 aliphatic rings. The van der Waals surface area contributed by atoms with Gasteiger partial charge in [0.1, 0.15) is 0 Å². The van der Waals surface area contributed by atoms with E-state index >= 15 is 0 Å². The molecule has 1 saturated heterocycles. The molecule has 3 nitrogen and oxygen atoms in total. The van der Waals surface area contributed by atoms with Gasteiger partial charge in [-0.2, -0.15) is 0 Å². The van der Waals surface area contributed by atoms with Crippen molar-refractivity contribution in [2.45, 2.75) is 25.5 Å². The van der Waals surface area contributed by atoms with Gasteiger partial charge in [-0.05, 0) is 37.4 Å². The van der Waals surface area contributed by atoms with Gasteiger partial charge in [-0.15, -0.1) is 0 Å². The SMILES string of the molecule is CNC(c1cccc2ccncc12)C1COC(C)C1. The van der Waals surface area contributed by atoms with Crippen LogP contribution in [-0.2, 0) is 4.74 Å². The van der Waals surface area contributed by atoms with E-state index in [0.717, 1.165) is 13.0 Å². The van der Waals surface area contributed by atoms with E-state index in [9.17, 15) is 0 Å². The summed E-state index contributed by atoms with van der Waals surface area (Å²) in [6.45, 7) is 2.99.